The van der Waals surface area contributed by atoms with Crippen molar-refractivity contribution in [3.05, 3.63) is 47.9 Å². The molecule has 0 bridgehead atoms. The summed E-state index contributed by atoms with van der Waals surface area (Å²) in [6, 6.07) is 8.16. The highest BCUT2D eigenvalue weighted by Gasteiger charge is 2.08. The van der Waals surface area contributed by atoms with E-state index in [9.17, 15) is 9.90 Å². The Morgan fingerprint density at radius 3 is 3.00 bits per heavy atom. The summed E-state index contributed by atoms with van der Waals surface area (Å²) >= 11 is 0. The normalized spacial score (nSPS) is 10.7. The number of hydrogen-bond donors (Lipinski definition) is 2. The van der Waals surface area contributed by atoms with Crippen LogP contribution < -0.4 is 10.2 Å². The Hall–Kier alpha value is -2.76. The van der Waals surface area contributed by atoms with Gasteiger partial charge < -0.3 is 14.3 Å². The van der Waals surface area contributed by atoms with Gasteiger partial charge in [0, 0.05) is 5.56 Å². The number of hydrazone groups is 1. The number of phenolic OH excluding ortho intramolecular Hbond substituents is 1. The maximum absolute atomic E-state index is 11.5. The number of benzene rings is 1. The van der Waals surface area contributed by atoms with Crippen molar-refractivity contribution < 1.29 is 19.1 Å². The van der Waals surface area contributed by atoms with Crippen molar-refractivity contribution in [2.24, 2.45) is 5.10 Å². The lowest BCUT2D eigenvalue weighted by Gasteiger charge is -2.06. The number of nitrogens with one attached hydrogen (secondary N) is 1. The fraction of sp³-hybridized carbons (Fsp3) is 0.143. The number of rotatable bonds is 5. The Morgan fingerprint density at radius 2 is 2.30 bits per heavy atom. The van der Waals surface area contributed by atoms with Gasteiger partial charge in [0.05, 0.1) is 19.1 Å². The standard InChI is InChI=1S/C14H14N2O4/c1-2-19-11-6-3-5-10(13(11)17)9-15-16-14(18)12-7-4-8-20-12/h3-9,17H,2H2,1H3,(H,16,18)/b15-9-. The van der Waals surface area contributed by atoms with Crippen LogP contribution >= 0.6 is 0 Å². The van der Waals surface area contributed by atoms with Gasteiger partial charge in [-0.05, 0) is 31.2 Å². The molecule has 2 rings (SSSR count). The van der Waals surface area contributed by atoms with Crippen molar-refractivity contribution in [1.82, 2.24) is 5.43 Å². The lowest BCUT2D eigenvalue weighted by atomic mass is 10.2. The van der Waals surface area contributed by atoms with E-state index in [1.807, 2.05) is 6.92 Å². The largest absolute Gasteiger partial charge is 0.504 e. The lowest BCUT2D eigenvalue weighted by molar-refractivity contribution is 0.0927. The molecule has 0 aliphatic rings. The van der Waals surface area contributed by atoms with E-state index in [2.05, 4.69) is 10.5 Å². The summed E-state index contributed by atoms with van der Waals surface area (Å²) in [4.78, 5) is 11.5. The van der Waals surface area contributed by atoms with E-state index in [0.29, 0.717) is 17.9 Å². The minimum Gasteiger partial charge on any atom is -0.504 e. The van der Waals surface area contributed by atoms with Crippen LogP contribution in [-0.4, -0.2) is 23.8 Å². The van der Waals surface area contributed by atoms with Crippen LogP contribution in [0.15, 0.2) is 46.1 Å². The van der Waals surface area contributed by atoms with Crippen LogP contribution in [0.4, 0.5) is 0 Å². The van der Waals surface area contributed by atoms with Crippen molar-refractivity contribution in [3.8, 4) is 11.5 Å². The molecule has 1 aromatic carbocycles. The summed E-state index contributed by atoms with van der Waals surface area (Å²) in [5, 5.41) is 13.7. The zero-order valence-corrected chi connectivity index (χ0v) is 10.9. The van der Waals surface area contributed by atoms with E-state index >= 15 is 0 Å². The van der Waals surface area contributed by atoms with Crippen LogP contribution in [0.25, 0.3) is 0 Å². The minimum absolute atomic E-state index is 0.0228. The van der Waals surface area contributed by atoms with Crippen molar-refractivity contribution in [3.63, 3.8) is 0 Å². The van der Waals surface area contributed by atoms with E-state index < -0.39 is 5.91 Å². The Bertz CT molecular complexity index is 606. The number of hydrogen-bond acceptors (Lipinski definition) is 5. The van der Waals surface area contributed by atoms with Crippen LogP contribution in [0.1, 0.15) is 23.0 Å². The fourth-order valence-electron chi connectivity index (χ4n) is 1.54. The van der Waals surface area contributed by atoms with Gasteiger partial charge in [-0.3, -0.25) is 4.79 Å². The summed E-state index contributed by atoms with van der Waals surface area (Å²) in [5.41, 5.74) is 2.74. The maximum atomic E-state index is 11.5. The van der Waals surface area contributed by atoms with Gasteiger partial charge in [-0.1, -0.05) is 6.07 Å². The molecule has 1 aromatic heterocycles. The first kappa shape index (κ1) is 13.7. The van der Waals surface area contributed by atoms with E-state index in [0.717, 1.165) is 0 Å². The van der Waals surface area contributed by atoms with E-state index in [1.165, 1.54) is 18.5 Å². The fourth-order valence-corrected chi connectivity index (χ4v) is 1.54. The number of carbonyl (C=O) groups is 1. The van der Waals surface area contributed by atoms with Gasteiger partial charge in [-0.15, -0.1) is 0 Å². The molecule has 1 amide bonds. The van der Waals surface area contributed by atoms with Gasteiger partial charge >= 0.3 is 5.91 Å². The van der Waals surface area contributed by atoms with Gasteiger partial charge in [0.1, 0.15) is 0 Å². The number of amides is 1. The zero-order chi connectivity index (χ0) is 14.4. The highest BCUT2D eigenvalue weighted by atomic mass is 16.5. The number of phenols is 1. The molecule has 1 heterocycles. The second kappa shape index (κ2) is 6.42. The van der Waals surface area contributed by atoms with Gasteiger partial charge in [-0.2, -0.15) is 5.10 Å². The van der Waals surface area contributed by atoms with Gasteiger partial charge in [0.25, 0.3) is 0 Å². The molecule has 0 atom stereocenters. The van der Waals surface area contributed by atoms with Crippen LogP contribution in [-0.2, 0) is 0 Å². The molecular formula is C14H14N2O4. The third kappa shape index (κ3) is 3.17. The molecule has 2 aromatic rings. The Morgan fingerprint density at radius 1 is 1.45 bits per heavy atom. The number of nitrogens with zero attached hydrogens (tertiary/aromatic N) is 1. The third-order valence-corrected chi connectivity index (χ3v) is 2.44. The van der Waals surface area contributed by atoms with Gasteiger partial charge in [0.15, 0.2) is 17.3 Å². The first-order valence-corrected chi connectivity index (χ1v) is 6.04. The first-order chi connectivity index (χ1) is 9.72. The molecule has 0 unspecified atom stereocenters. The number of ether oxygens (including phenoxy) is 1. The topological polar surface area (TPSA) is 84.1 Å². The first-order valence-electron chi connectivity index (χ1n) is 6.04. The molecule has 0 spiro atoms. The summed E-state index contributed by atoms with van der Waals surface area (Å²) in [7, 11) is 0. The maximum Gasteiger partial charge on any atom is 0.307 e. The second-order valence-corrected chi connectivity index (χ2v) is 3.80. The molecule has 6 heteroatoms. The van der Waals surface area contributed by atoms with E-state index in [4.69, 9.17) is 9.15 Å². The average molecular weight is 274 g/mol. The number of carbonyl (C=O) groups excluding carboxylic acids is 1. The van der Waals surface area contributed by atoms with Crippen LogP contribution in [0.2, 0.25) is 0 Å². The van der Waals surface area contributed by atoms with E-state index in [-0.39, 0.29) is 11.5 Å². The lowest BCUT2D eigenvalue weighted by Crippen LogP contribution is -2.16. The summed E-state index contributed by atoms with van der Waals surface area (Å²) in [5.74, 6) is 0.0419. The highest BCUT2D eigenvalue weighted by molar-refractivity contribution is 5.92. The van der Waals surface area contributed by atoms with E-state index in [1.54, 1.807) is 24.3 Å². The SMILES string of the molecule is CCOc1cccc(/C=N\NC(=O)c2ccco2)c1O. The van der Waals surface area contributed by atoms with Crippen LogP contribution in [0.5, 0.6) is 11.5 Å². The molecule has 2 N–H and O–H groups in total. The van der Waals surface area contributed by atoms with Gasteiger partial charge in [-0.25, -0.2) is 5.43 Å². The summed E-state index contributed by atoms with van der Waals surface area (Å²) in [6.07, 6.45) is 2.73. The van der Waals surface area contributed by atoms with Crippen LogP contribution in [0, 0.1) is 0 Å². The van der Waals surface area contributed by atoms with Crippen molar-refractivity contribution in [2.75, 3.05) is 6.61 Å². The molecule has 0 radical (unpaired) electrons. The zero-order valence-electron chi connectivity index (χ0n) is 10.9. The molecule has 20 heavy (non-hydrogen) atoms. The molecular weight excluding hydrogens is 260 g/mol. The molecule has 0 saturated carbocycles. The highest BCUT2D eigenvalue weighted by Crippen LogP contribution is 2.28. The monoisotopic (exact) mass is 274 g/mol. The molecule has 104 valence electrons. The Balaban J connectivity index is 2.04. The predicted octanol–water partition coefficient (Wildman–Crippen LogP) is 2.15. The van der Waals surface area contributed by atoms with Gasteiger partial charge in [0.2, 0.25) is 0 Å². The average Bonchev–Trinajstić information content (AvgIpc) is 2.97. The second-order valence-electron chi connectivity index (χ2n) is 3.80. The summed E-state index contributed by atoms with van der Waals surface area (Å²) in [6.45, 7) is 2.27. The van der Waals surface area contributed by atoms with Crippen molar-refractivity contribution in [1.29, 1.82) is 0 Å². The minimum atomic E-state index is -0.466. The smallest absolute Gasteiger partial charge is 0.307 e. The molecule has 0 saturated heterocycles. The molecule has 6 nitrogen and oxygen atoms in total. The Kier molecular flexibility index (Phi) is 4.39. The number of para-hydroxylation sites is 1. The molecule has 0 aliphatic carbocycles. The third-order valence-electron chi connectivity index (χ3n) is 2.44. The quantitative estimate of drug-likeness (QED) is 0.646. The van der Waals surface area contributed by atoms with Crippen molar-refractivity contribution in [2.45, 2.75) is 6.92 Å². The predicted molar refractivity (Wildman–Crippen MR) is 73.0 cm³/mol. The molecule has 0 aliphatic heterocycles. The summed E-state index contributed by atoms with van der Waals surface area (Å²) < 4.78 is 10.2. The number of furan rings is 1. The van der Waals surface area contributed by atoms with Crippen LogP contribution in [0.3, 0.4) is 0 Å². The number of aromatic hydroxyl groups is 1. The Labute approximate surface area is 115 Å². The van der Waals surface area contributed by atoms with Crippen molar-refractivity contribution >= 4 is 12.1 Å². The molecule has 0 fully saturated rings.